The van der Waals surface area contributed by atoms with Gasteiger partial charge in [-0.1, -0.05) is 81.0 Å². The average Bonchev–Trinajstić information content (AvgIpc) is 2.74. The number of nitrogens with one attached hydrogen (secondary N) is 2. The number of nitrogens with two attached hydrogens (primary N) is 1. The van der Waals surface area contributed by atoms with Crippen molar-refractivity contribution < 1.29 is 14.3 Å². The minimum Gasteiger partial charge on any atom is -0.445 e. The second kappa shape index (κ2) is 10.6. The molecule has 2 saturated carbocycles. The van der Waals surface area contributed by atoms with Crippen LogP contribution in [-0.2, 0) is 22.7 Å². The Kier molecular flexibility index (Phi) is 7.43. The van der Waals surface area contributed by atoms with Crippen molar-refractivity contribution in [1.82, 2.24) is 5.32 Å². The first-order valence-corrected chi connectivity index (χ1v) is 11.7. The van der Waals surface area contributed by atoms with Crippen molar-refractivity contribution in [1.29, 1.82) is 0 Å². The van der Waals surface area contributed by atoms with Crippen LogP contribution in [0.3, 0.4) is 0 Å². The summed E-state index contributed by atoms with van der Waals surface area (Å²) in [5, 5.41) is 5.95. The fourth-order valence-electron chi connectivity index (χ4n) is 4.80. The summed E-state index contributed by atoms with van der Waals surface area (Å²) in [6.45, 7) is 0.584. The maximum Gasteiger partial charge on any atom is 0.408 e. The first kappa shape index (κ1) is 22.3. The van der Waals surface area contributed by atoms with E-state index in [1.807, 2.05) is 54.6 Å². The number of anilines is 1. The maximum atomic E-state index is 13.4. The van der Waals surface area contributed by atoms with Gasteiger partial charge in [-0.05, 0) is 41.0 Å². The van der Waals surface area contributed by atoms with Gasteiger partial charge in [-0.3, -0.25) is 4.79 Å². The lowest BCUT2D eigenvalue weighted by atomic mass is 9.62. The molecule has 0 unspecified atom stereocenters. The molecule has 2 amide bonds. The molecule has 170 valence electrons. The first-order valence-electron chi connectivity index (χ1n) is 11.7. The Balaban J connectivity index is 1.48. The quantitative estimate of drug-likeness (QED) is 0.537. The zero-order chi connectivity index (χ0) is 22.3. The molecule has 0 radical (unpaired) electrons. The molecule has 6 heteroatoms. The molecule has 4 N–H and O–H groups in total. The number of carbonyl (C=O) groups is 2. The predicted octanol–water partition coefficient (Wildman–Crippen LogP) is 4.60. The molecule has 2 aliphatic carbocycles. The summed E-state index contributed by atoms with van der Waals surface area (Å²) < 4.78 is 5.46. The van der Waals surface area contributed by atoms with Gasteiger partial charge in [0.05, 0.1) is 0 Å². The largest absolute Gasteiger partial charge is 0.445 e. The molecule has 0 aliphatic heterocycles. The van der Waals surface area contributed by atoms with Crippen LogP contribution in [0.5, 0.6) is 0 Å². The molecule has 0 aromatic heterocycles. The van der Waals surface area contributed by atoms with Gasteiger partial charge in [-0.15, -0.1) is 0 Å². The number of carbonyl (C=O) groups excluding carboxylic acids is 2. The number of hydrogen-bond acceptors (Lipinski definition) is 4. The summed E-state index contributed by atoms with van der Waals surface area (Å²) >= 11 is 0. The van der Waals surface area contributed by atoms with E-state index >= 15 is 0 Å². The molecule has 2 aromatic carbocycles. The lowest BCUT2D eigenvalue weighted by Gasteiger charge is -2.45. The van der Waals surface area contributed by atoms with E-state index in [2.05, 4.69) is 10.6 Å². The van der Waals surface area contributed by atoms with E-state index in [9.17, 15) is 9.59 Å². The Hall–Kier alpha value is -2.86. The van der Waals surface area contributed by atoms with E-state index in [4.69, 9.17) is 10.5 Å². The predicted molar refractivity (Wildman–Crippen MR) is 125 cm³/mol. The highest BCUT2D eigenvalue weighted by atomic mass is 16.5. The van der Waals surface area contributed by atoms with E-state index in [0.29, 0.717) is 24.1 Å². The lowest BCUT2D eigenvalue weighted by molar-refractivity contribution is -0.121. The minimum absolute atomic E-state index is 0.138. The van der Waals surface area contributed by atoms with Crippen molar-refractivity contribution in [3.8, 4) is 0 Å². The van der Waals surface area contributed by atoms with Gasteiger partial charge in [0.25, 0.3) is 0 Å². The van der Waals surface area contributed by atoms with Crippen molar-refractivity contribution in [2.24, 2.45) is 23.5 Å². The Morgan fingerprint density at radius 2 is 1.59 bits per heavy atom. The van der Waals surface area contributed by atoms with Crippen molar-refractivity contribution in [2.45, 2.75) is 57.7 Å². The van der Waals surface area contributed by atoms with Crippen molar-refractivity contribution in [2.75, 3.05) is 5.32 Å². The molecular formula is C26H33N3O3. The van der Waals surface area contributed by atoms with Crippen LogP contribution in [0.25, 0.3) is 0 Å². The van der Waals surface area contributed by atoms with E-state index in [-0.39, 0.29) is 18.4 Å². The van der Waals surface area contributed by atoms with Gasteiger partial charge in [0.1, 0.15) is 12.6 Å². The zero-order valence-electron chi connectivity index (χ0n) is 18.5. The molecule has 0 bridgehead atoms. The number of ether oxygens (including phenoxy) is 1. The van der Waals surface area contributed by atoms with Gasteiger partial charge < -0.3 is 21.1 Å². The second-order valence-electron chi connectivity index (χ2n) is 9.04. The van der Waals surface area contributed by atoms with Crippen LogP contribution >= 0.6 is 0 Å². The number of hydrogen-bond donors (Lipinski definition) is 3. The normalized spacial score (nSPS) is 17.2. The topological polar surface area (TPSA) is 93.5 Å². The highest BCUT2D eigenvalue weighted by Gasteiger charge is 2.44. The fourth-order valence-corrected chi connectivity index (χ4v) is 4.80. The number of alkyl carbamates (subject to hydrolysis) is 1. The molecule has 0 heterocycles. The Labute approximate surface area is 189 Å². The third-order valence-electron chi connectivity index (χ3n) is 6.97. The second-order valence-corrected chi connectivity index (χ2v) is 9.04. The van der Waals surface area contributed by atoms with Crippen molar-refractivity contribution in [3.05, 3.63) is 65.7 Å². The first-order chi connectivity index (χ1) is 15.6. The van der Waals surface area contributed by atoms with Gasteiger partial charge in [-0.25, -0.2) is 4.79 Å². The summed E-state index contributed by atoms with van der Waals surface area (Å²) in [4.78, 5) is 26.2. The molecule has 2 fully saturated rings. The molecule has 4 rings (SSSR count). The van der Waals surface area contributed by atoms with Gasteiger partial charge >= 0.3 is 6.09 Å². The lowest BCUT2D eigenvalue weighted by Crippen LogP contribution is -2.54. The van der Waals surface area contributed by atoms with E-state index < -0.39 is 12.1 Å². The summed E-state index contributed by atoms with van der Waals surface area (Å²) in [6.07, 6.45) is 6.32. The van der Waals surface area contributed by atoms with Gasteiger partial charge in [-0.2, -0.15) is 0 Å². The van der Waals surface area contributed by atoms with Crippen molar-refractivity contribution >= 4 is 17.7 Å². The Morgan fingerprint density at radius 1 is 0.938 bits per heavy atom. The maximum absolute atomic E-state index is 13.4. The molecular weight excluding hydrogens is 402 g/mol. The van der Waals surface area contributed by atoms with Gasteiger partial charge in [0, 0.05) is 12.2 Å². The molecule has 32 heavy (non-hydrogen) atoms. The molecule has 2 aliphatic rings. The molecule has 2 aromatic rings. The smallest absolute Gasteiger partial charge is 0.408 e. The van der Waals surface area contributed by atoms with Crippen LogP contribution < -0.4 is 16.4 Å². The summed E-state index contributed by atoms with van der Waals surface area (Å²) in [6, 6.07) is 16.5. The minimum atomic E-state index is -0.615. The van der Waals surface area contributed by atoms with E-state index in [0.717, 1.165) is 36.8 Å². The SMILES string of the molecule is NCc1cccc(NC(=O)[C@H](NC(=O)OCc2ccccc2)C(C2CCC2)C2CCC2)c1. The highest BCUT2D eigenvalue weighted by molar-refractivity contribution is 5.97. The third kappa shape index (κ3) is 5.49. The standard InChI is InChI=1S/C26H33N3O3/c27-16-19-9-4-14-22(15-19)28-25(30)24(23(20-10-5-11-20)21-12-6-13-21)29-26(31)32-17-18-7-2-1-3-8-18/h1-4,7-9,14-15,20-21,23-24H,5-6,10-13,16-17,27H2,(H,28,30)(H,29,31)/t24-/m1/s1. The van der Waals surface area contributed by atoms with Crippen LogP contribution in [0.2, 0.25) is 0 Å². The summed E-state index contributed by atoms with van der Waals surface area (Å²) in [5.41, 5.74) is 8.31. The van der Waals surface area contributed by atoms with Crippen LogP contribution in [0, 0.1) is 17.8 Å². The van der Waals surface area contributed by atoms with Crippen LogP contribution in [-0.4, -0.2) is 18.0 Å². The van der Waals surface area contributed by atoms with Gasteiger partial charge in [0.2, 0.25) is 5.91 Å². The third-order valence-corrected chi connectivity index (χ3v) is 6.97. The number of benzene rings is 2. The Morgan fingerprint density at radius 3 is 2.19 bits per heavy atom. The van der Waals surface area contributed by atoms with E-state index in [1.165, 1.54) is 12.8 Å². The molecule has 0 spiro atoms. The van der Waals surface area contributed by atoms with Crippen LogP contribution in [0.1, 0.15) is 49.7 Å². The van der Waals surface area contributed by atoms with Gasteiger partial charge in [0.15, 0.2) is 0 Å². The highest BCUT2D eigenvalue weighted by Crippen LogP contribution is 2.46. The number of rotatable bonds is 9. The monoisotopic (exact) mass is 435 g/mol. The van der Waals surface area contributed by atoms with E-state index in [1.54, 1.807) is 0 Å². The number of amides is 2. The summed E-state index contributed by atoms with van der Waals surface area (Å²) in [7, 11) is 0. The summed E-state index contributed by atoms with van der Waals surface area (Å²) in [5.74, 6) is 0.904. The zero-order valence-corrected chi connectivity index (χ0v) is 18.5. The Bertz CT molecular complexity index is 896. The molecule has 0 saturated heterocycles. The molecule has 1 atom stereocenters. The fraction of sp³-hybridized carbons (Fsp3) is 0.462. The average molecular weight is 436 g/mol. The van der Waals surface area contributed by atoms with Crippen LogP contribution in [0.4, 0.5) is 10.5 Å². The molecule has 6 nitrogen and oxygen atoms in total. The van der Waals surface area contributed by atoms with Crippen LogP contribution in [0.15, 0.2) is 54.6 Å². The van der Waals surface area contributed by atoms with Crippen molar-refractivity contribution in [3.63, 3.8) is 0 Å².